The molecule has 2 amide bonds. The summed E-state index contributed by atoms with van der Waals surface area (Å²) in [6.45, 7) is 2.98. The number of aliphatic hydroxyl groups excluding tert-OH is 1. The van der Waals surface area contributed by atoms with E-state index in [0.717, 1.165) is 29.7 Å². The molecule has 0 radical (unpaired) electrons. The summed E-state index contributed by atoms with van der Waals surface area (Å²) in [5, 5.41) is 16.2. The number of amides is 2. The van der Waals surface area contributed by atoms with E-state index in [4.69, 9.17) is 14.2 Å². The lowest BCUT2D eigenvalue weighted by Gasteiger charge is -2.40. The Morgan fingerprint density at radius 3 is 2.72 bits per heavy atom. The van der Waals surface area contributed by atoms with E-state index in [9.17, 15) is 14.7 Å². The van der Waals surface area contributed by atoms with Crippen molar-refractivity contribution < 1.29 is 28.9 Å². The highest BCUT2D eigenvalue weighted by atomic mass is 16.5. The molecule has 3 aliphatic rings. The quantitative estimate of drug-likeness (QED) is 0.545. The first-order valence-corrected chi connectivity index (χ1v) is 12.8. The van der Waals surface area contributed by atoms with Gasteiger partial charge < -0.3 is 30.0 Å². The molecule has 2 fully saturated rings. The van der Waals surface area contributed by atoms with Crippen molar-refractivity contribution in [1.29, 1.82) is 0 Å². The van der Waals surface area contributed by atoms with E-state index >= 15 is 0 Å². The van der Waals surface area contributed by atoms with Crippen molar-refractivity contribution >= 4 is 17.5 Å². The number of nitrogens with one attached hydrogen (secondary N) is 2. The minimum absolute atomic E-state index is 0.0562. The molecular formula is C28H34N2O6. The molecule has 3 heterocycles. The Kier molecular flexibility index (Phi) is 7.55. The topological polar surface area (TPSA) is 106 Å². The lowest BCUT2D eigenvalue weighted by molar-refractivity contribution is -0.148. The van der Waals surface area contributed by atoms with Crippen LogP contribution < -0.4 is 15.4 Å². The van der Waals surface area contributed by atoms with Crippen LogP contribution in [0.1, 0.15) is 55.7 Å². The van der Waals surface area contributed by atoms with Crippen LogP contribution in [-0.2, 0) is 19.1 Å². The monoisotopic (exact) mass is 494 g/mol. The highest BCUT2D eigenvalue weighted by Crippen LogP contribution is 2.46. The van der Waals surface area contributed by atoms with Gasteiger partial charge in [0.05, 0.1) is 50.4 Å². The summed E-state index contributed by atoms with van der Waals surface area (Å²) in [4.78, 5) is 26.1. The van der Waals surface area contributed by atoms with Crippen LogP contribution in [0.15, 0.2) is 48.5 Å². The zero-order valence-electron chi connectivity index (χ0n) is 20.5. The summed E-state index contributed by atoms with van der Waals surface area (Å²) in [5.41, 5.74) is 2.65. The van der Waals surface area contributed by atoms with E-state index in [-0.39, 0.29) is 42.9 Å². The predicted octanol–water partition coefficient (Wildman–Crippen LogP) is 3.31. The maximum atomic E-state index is 13.2. The number of hydrogen-bond acceptors (Lipinski definition) is 6. The van der Waals surface area contributed by atoms with E-state index in [1.807, 2.05) is 55.5 Å². The third-order valence-corrected chi connectivity index (χ3v) is 7.43. The van der Waals surface area contributed by atoms with Gasteiger partial charge in [-0.25, -0.2) is 0 Å². The Hall–Kier alpha value is -2.94. The maximum absolute atomic E-state index is 13.2. The number of ether oxygens (including phenoxy) is 3. The van der Waals surface area contributed by atoms with Gasteiger partial charge in [-0.05, 0) is 37.1 Å². The first kappa shape index (κ1) is 24.7. The summed E-state index contributed by atoms with van der Waals surface area (Å²) < 4.78 is 18.0. The van der Waals surface area contributed by atoms with Crippen molar-refractivity contribution in [3.63, 3.8) is 0 Å². The fourth-order valence-electron chi connectivity index (χ4n) is 5.59. The van der Waals surface area contributed by atoms with Crippen molar-refractivity contribution in [2.24, 2.45) is 5.92 Å². The molecular weight excluding hydrogens is 460 g/mol. The SMILES string of the molecule is C[C@@H](NC(=O)C[C@H]1C[C@@H]2c3cc(ccc3OC3CCOCC3)NC(=O)[C@@H]2[C@@H](CO)O1)c1ccccc1. The average Bonchev–Trinajstić information content (AvgIpc) is 3.00. The molecule has 3 aliphatic heterocycles. The van der Waals surface area contributed by atoms with Gasteiger partial charge in [0.1, 0.15) is 11.9 Å². The second kappa shape index (κ2) is 11.0. The number of aliphatic hydroxyl groups is 1. The van der Waals surface area contributed by atoms with Gasteiger partial charge >= 0.3 is 0 Å². The zero-order valence-corrected chi connectivity index (χ0v) is 20.5. The lowest BCUT2D eigenvalue weighted by Crippen LogP contribution is -2.48. The lowest BCUT2D eigenvalue weighted by atomic mass is 9.76. The standard InChI is InChI=1S/C28H34N2O6/c1-17(18-5-3-2-4-6-18)29-26(32)15-21-14-23-22-13-19(30-28(33)27(23)25(16-31)36-21)7-8-24(22)35-20-9-11-34-12-10-20/h2-8,13,17,20-21,23,25,27,31H,9-12,14-16H2,1H3,(H,29,32)(H,30,33)/t17-,21-,23-,25-,27+/m1/s1. The average molecular weight is 495 g/mol. The number of carbonyl (C=O) groups is 2. The van der Waals surface area contributed by atoms with Crippen LogP contribution in [0.3, 0.4) is 0 Å². The van der Waals surface area contributed by atoms with Crippen molar-refractivity contribution in [2.75, 3.05) is 25.1 Å². The Balaban J connectivity index is 1.35. The van der Waals surface area contributed by atoms with E-state index in [2.05, 4.69) is 10.6 Å². The summed E-state index contributed by atoms with van der Waals surface area (Å²) >= 11 is 0. The van der Waals surface area contributed by atoms with Gasteiger partial charge in [0.25, 0.3) is 0 Å². The molecule has 0 aromatic heterocycles. The molecule has 3 N–H and O–H groups in total. The van der Waals surface area contributed by atoms with Gasteiger partial charge in [-0.1, -0.05) is 30.3 Å². The molecule has 0 saturated carbocycles. The first-order valence-electron chi connectivity index (χ1n) is 12.8. The van der Waals surface area contributed by atoms with Crippen LogP contribution in [0, 0.1) is 5.92 Å². The number of fused-ring (bicyclic) bond motifs is 4. The second-order valence-corrected chi connectivity index (χ2v) is 9.92. The van der Waals surface area contributed by atoms with Crippen molar-refractivity contribution in [3.05, 3.63) is 59.7 Å². The molecule has 36 heavy (non-hydrogen) atoms. The minimum atomic E-state index is -0.710. The summed E-state index contributed by atoms with van der Waals surface area (Å²) in [5.74, 6) is -0.376. The summed E-state index contributed by atoms with van der Waals surface area (Å²) in [6, 6.07) is 15.4. The van der Waals surface area contributed by atoms with Gasteiger partial charge in [-0.3, -0.25) is 9.59 Å². The van der Waals surface area contributed by atoms with Gasteiger partial charge in [0, 0.05) is 30.0 Å². The smallest absolute Gasteiger partial charge is 0.230 e. The van der Waals surface area contributed by atoms with Crippen molar-refractivity contribution in [1.82, 2.24) is 5.32 Å². The molecule has 0 unspecified atom stereocenters. The molecule has 2 aromatic rings. The number of hydrogen-bond donors (Lipinski definition) is 3. The Bertz CT molecular complexity index is 1070. The largest absolute Gasteiger partial charge is 0.490 e. The Labute approximate surface area is 211 Å². The van der Waals surface area contributed by atoms with Crippen LogP contribution in [0.4, 0.5) is 5.69 Å². The summed E-state index contributed by atoms with van der Waals surface area (Å²) in [6.07, 6.45) is 1.17. The predicted molar refractivity (Wildman–Crippen MR) is 134 cm³/mol. The van der Waals surface area contributed by atoms with E-state index in [1.165, 1.54) is 0 Å². The molecule has 192 valence electrons. The summed E-state index contributed by atoms with van der Waals surface area (Å²) in [7, 11) is 0. The van der Waals surface area contributed by atoms with Crippen LogP contribution in [0.5, 0.6) is 5.75 Å². The Morgan fingerprint density at radius 2 is 1.97 bits per heavy atom. The molecule has 2 bridgehead atoms. The second-order valence-electron chi connectivity index (χ2n) is 9.92. The number of benzene rings is 2. The van der Waals surface area contributed by atoms with Gasteiger partial charge in [-0.2, -0.15) is 0 Å². The number of anilines is 1. The molecule has 5 rings (SSSR count). The molecule has 0 spiro atoms. The first-order chi connectivity index (χ1) is 17.5. The molecule has 8 nitrogen and oxygen atoms in total. The maximum Gasteiger partial charge on any atom is 0.230 e. The highest BCUT2D eigenvalue weighted by molar-refractivity contribution is 5.95. The molecule has 2 aromatic carbocycles. The number of carbonyl (C=O) groups excluding carboxylic acids is 2. The third kappa shape index (κ3) is 5.40. The third-order valence-electron chi connectivity index (χ3n) is 7.43. The Morgan fingerprint density at radius 1 is 1.19 bits per heavy atom. The van der Waals surface area contributed by atoms with Crippen LogP contribution >= 0.6 is 0 Å². The van der Waals surface area contributed by atoms with E-state index in [0.29, 0.717) is 25.3 Å². The van der Waals surface area contributed by atoms with Crippen LogP contribution in [0.25, 0.3) is 0 Å². The highest BCUT2D eigenvalue weighted by Gasteiger charge is 2.46. The molecule has 0 aliphatic carbocycles. The number of rotatable bonds is 7. The van der Waals surface area contributed by atoms with Crippen molar-refractivity contribution in [3.8, 4) is 5.75 Å². The fraction of sp³-hybridized carbons (Fsp3) is 0.500. The van der Waals surface area contributed by atoms with Crippen LogP contribution in [-0.4, -0.2) is 55.1 Å². The van der Waals surface area contributed by atoms with Crippen molar-refractivity contribution in [2.45, 2.75) is 62.9 Å². The van der Waals surface area contributed by atoms with Gasteiger partial charge in [-0.15, -0.1) is 0 Å². The van der Waals surface area contributed by atoms with Crippen LogP contribution in [0.2, 0.25) is 0 Å². The molecule has 2 saturated heterocycles. The minimum Gasteiger partial charge on any atom is -0.490 e. The molecule has 5 atom stereocenters. The van der Waals surface area contributed by atoms with Gasteiger partial charge in [0.15, 0.2) is 0 Å². The zero-order chi connectivity index (χ0) is 25.1. The normalized spacial score (nSPS) is 26.8. The van der Waals surface area contributed by atoms with Gasteiger partial charge in [0.2, 0.25) is 11.8 Å². The van der Waals surface area contributed by atoms with E-state index in [1.54, 1.807) is 0 Å². The molecule has 8 heteroatoms. The van der Waals surface area contributed by atoms with E-state index < -0.39 is 18.1 Å². The fourth-order valence-corrected chi connectivity index (χ4v) is 5.59.